The van der Waals surface area contributed by atoms with E-state index in [9.17, 15) is 4.79 Å². The average molecular weight is 242 g/mol. The molecule has 2 heterocycles. The summed E-state index contributed by atoms with van der Waals surface area (Å²) in [5, 5.41) is 0. The maximum Gasteiger partial charge on any atom is 0.410 e. The second-order valence-electron chi connectivity index (χ2n) is 4.98. The Morgan fingerprint density at radius 2 is 2.11 bits per heavy atom. The van der Waals surface area contributed by atoms with Gasteiger partial charge in [0.2, 0.25) is 0 Å². The molecule has 3 aliphatic rings. The highest BCUT2D eigenvalue weighted by molar-refractivity contribution is 6.09. The Balaban J connectivity index is 1.50. The highest BCUT2D eigenvalue weighted by Crippen LogP contribution is 2.58. The van der Waals surface area contributed by atoms with Gasteiger partial charge in [0.25, 0.3) is 0 Å². The Hall–Kier alpha value is -1.84. The van der Waals surface area contributed by atoms with Gasteiger partial charge in [0.15, 0.2) is 0 Å². The zero-order valence-corrected chi connectivity index (χ0v) is 10.1. The molecule has 4 nitrogen and oxygen atoms in total. The standard InChI is InChI=1S/C14H14N2O2/c1-2-18-14(17)16-12-9-10(15-11(9)13(12)16)8-6-4-3-5-7-8/h3-7,9,11-13H,2H2,1H3/t9-,11+,12+,13-,16?/m1/s1. The summed E-state index contributed by atoms with van der Waals surface area (Å²) in [4.78, 5) is 18.2. The Morgan fingerprint density at radius 1 is 1.33 bits per heavy atom. The van der Waals surface area contributed by atoms with Crippen molar-refractivity contribution in [2.45, 2.75) is 25.0 Å². The Kier molecular flexibility index (Phi) is 1.88. The van der Waals surface area contributed by atoms with Crippen LogP contribution in [0.4, 0.5) is 4.79 Å². The minimum Gasteiger partial charge on any atom is -0.450 e. The largest absolute Gasteiger partial charge is 0.450 e. The van der Waals surface area contributed by atoms with Crippen molar-refractivity contribution in [2.24, 2.45) is 10.9 Å². The molecular formula is C14H14N2O2. The second kappa shape index (κ2) is 3.34. The zero-order chi connectivity index (χ0) is 12.3. The van der Waals surface area contributed by atoms with E-state index in [2.05, 4.69) is 17.1 Å². The average Bonchev–Trinajstić information content (AvgIpc) is 2.99. The van der Waals surface area contributed by atoms with E-state index in [1.54, 1.807) is 0 Å². The molecule has 0 radical (unpaired) electrons. The Bertz CT molecular complexity index is 540. The van der Waals surface area contributed by atoms with E-state index in [4.69, 9.17) is 4.74 Å². The van der Waals surface area contributed by atoms with Crippen molar-refractivity contribution in [3.8, 4) is 0 Å². The van der Waals surface area contributed by atoms with Crippen LogP contribution in [0.3, 0.4) is 0 Å². The predicted octanol–water partition coefficient (Wildman–Crippen LogP) is 1.70. The van der Waals surface area contributed by atoms with Gasteiger partial charge in [-0.05, 0) is 12.5 Å². The molecule has 0 N–H and O–H groups in total. The SMILES string of the molecule is CCOC(=O)N1[C@@H]2[C@H]3N=C(c4ccccc4)[C@H]3[C@@H]21. The lowest BCUT2D eigenvalue weighted by Gasteiger charge is -2.40. The fraction of sp³-hybridized carbons (Fsp3) is 0.429. The highest BCUT2D eigenvalue weighted by atomic mass is 16.6. The predicted molar refractivity (Wildman–Crippen MR) is 66.7 cm³/mol. The number of benzene rings is 1. The van der Waals surface area contributed by atoms with Crippen molar-refractivity contribution in [1.29, 1.82) is 0 Å². The van der Waals surface area contributed by atoms with Gasteiger partial charge in [0, 0.05) is 11.6 Å². The van der Waals surface area contributed by atoms with Crippen LogP contribution in [0.5, 0.6) is 0 Å². The van der Waals surface area contributed by atoms with E-state index < -0.39 is 0 Å². The lowest BCUT2D eigenvalue weighted by molar-refractivity contribution is 0.134. The van der Waals surface area contributed by atoms with Crippen LogP contribution < -0.4 is 0 Å². The number of carbonyl (C=O) groups is 1. The quantitative estimate of drug-likeness (QED) is 0.741. The minimum atomic E-state index is -0.176. The number of fused-ring (bicyclic) bond motifs is 4. The molecule has 4 atom stereocenters. The highest BCUT2D eigenvalue weighted by Gasteiger charge is 2.75. The topological polar surface area (TPSA) is 41.7 Å². The molecule has 1 amide bonds. The van der Waals surface area contributed by atoms with Crippen LogP contribution in [-0.2, 0) is 4.74 Å². The summed E-state index contributed by atoms with van der Waals surface area (Å²) in [6, 6.07) is 11.2. The molecule has 1 saturated heterocycles. The molecule has 4 rings (SSSR count). The molecule has 2 fully saturated rings. The van der Waals surface area contributed by atoms with Gasteiger partial charge in [0.05, 0.1) is 24.7 Å². The fourth-order valence-electron chi connectivity index (χ4n) is 3.25. The Morgan fingerprint density at radius 3 is 2.83 bits per heavy atom. The molecule has 0 aromatic heterocycles. The van der Waals surface area contributed by atoms with Gasteiger partial charge in [-0.2, -0.15) is 0 Å². The van der Waals surface area contributed by atoms with Crippen molar-refractivity contribution in [3.05, 3.63) is 35.9 Å². The van der Waals surface area contributed by atoms with E-state index in [0.29, 0.717) is 30.7 Å². The number of amides is 1. The normalized spacial score (nSPS) is 34.5. The second-order valence-corrected chi connectivity index (χ2v) is 4.98. The Labute approximate surface area is 105 Å². The number of carbonyl (C=O) groups excluding carboxylic acids is 1. The van der Waals surface area contributed by atoms with Crippen molar-refractivity contribution in [3.63, 3.8) is 0 Å². The van der Waals surface area contributed by atoms with E-state index in [0.717, 1.165) is 5.71 Å². The lowest BCUT2D eigenvalue weighted by atomic mass is 9.70. The van der Waals surface area contributed by atoms with Gasteiger partial charge in [-0.1, -0.05) is 30.3 Å². The number of nitrogens with zero attached hydrogens (tertiary/aromatic N) is 2. The number of hydrogen-bond acceptors (Lipinski definition) is 3. The molecule has 1 aromatic carbocycles. The molecule has 1 aromatic rings. The monoisotopic (exact) mass is 242 g/mol. The molecular weight excluding hydrogens is 228 g/mol. The van der Waals surface area contributed by atoms with Crippen LogP contribution in [0, 0.1) is 5.92 Å². The van der Waals surface area contributed by atoms with Gasteiger partial charge in [-0.25, -0.2) is 4.79 Å². The summed E-state index contributed by atoms with van der Waals surface area (Å²) < 4.78 is 5.05. The van der Waals surface area contributed by atoms with Gasteiger partial charge in [-0.3, -0.25) is 9.89 Å². The molecule has 2 aliphatic heterocycles. The molecule has 0 bridgehead atoms. The number of likely N-dealkylation sites (tertiary alicyclic amines) is 1. The summed E-state index contributed by atoms with van der Waals surface area (Å²) >= 11 is 0. The van der Waals surface area contributed by atoms with Crippen molar-refractivity contribution in [1.82, 2.24) is 4.90 Å². The molecule has 18 heavy (non-hydrogen) atoms. The van der Waals surface area contributed by atoms with E-state index in [-0.39, 0.29) is 6.09 Å². The van der Waals surface area contributed by atoms with Gasteiger partial charge in [-0.15, -0.1) is 0 Å². The van der Waals surface area contributed by atoms with Crippen LogP contribution in [0.15, 0.2) is 35.3 Å². The summed E-state index contributed by atoms with van der Waals surface area (Å²) in [5.41, 5.74) is 2.35. The van der Waals surface area contributed by atoms with Crippen molar-refractivity contribution < 1.29 is 9.53 Å². The van der Waals surface area contributed by atoms with Gasteiger partial charge in [0.1, 0.15) is 0 Å². The van der Waals surface area contributed by atoms with Crippen LogP contribution in [0.1, 0.15) is 12.5 Å². The third-order valence-corrected chi connectivity index (χ3v) is 4.14. The first-order valence-electron chi connectivity index (χ1n) is 6.41. The van der Waals surface area contributed by atoms with Crippen LogP contribution in [-0.4, -0.2) is 41.4 Å². The first-order chi connectivity index (χ1) is 8.83. The molecule has 0 spiro atoms. The van der Waals surface area contributed by atoms with E-state index in [1.165, 1.54) is 5.56 Å². The zero-order valence-electron chi connectivity index (χ0n) is 10.1. The number of rotatable bonds is 2. The smallest absolute Gasteiger partial charge is 0.410 e. The van der Waals surface area contributed by atoms with Crippen molar-refractivity contribution >= 4 is 11.8 Å². The van der Waals surface area contributed by atoms with Crippen LogP contribution in [0.25, 0.3) is 0 Å². The maximum absolute atomic E-state index is 11.7. The summed E-state index contributed by atoms with van der Waals surface area (Å²) in [5.74, 6) is 0.446. The molecule has 92 valence electrons. The molecule has 4 heteroatoms. The van der Waals surface area contributed by atoms with Gasteiger partial charge < -0.3 is 4.74 Å². The number of hydrogen-bond donors (Lipinski definition) is 0. The first kappa shape index (κ1) is 10.1. The fourth-order valence-corrected chi connectivity index (χ4v) is 3.25. The molecule has 1 saturated carbocycles. The third-order valence-electron chi connectivity index (χ3n) is 4.14. The third kappa shape index (κ3) is 1.10. The first-order valence-corrected chi connectivity index (χ1v) is 6.41. The van der Waals surface area contributed by atoms with Crippen LogP contribution >= 0.6 is 0 Å². The minimum absolute atomic E-state index is 0.176. The molecule has 1 aliphatic carbocycles. The summed E-state index contributed by atoms with van der Waals surface area (Å²) in [6.45, 7) is 2.28. The van der Waals surface area contributed by atoms with E-state index in [1.807, 2.05) is 30.0 Å². The van der Waals surface area contributed by atoms with E-state index >= 15 is 0 Å². The summed E-state index contributed by atoms with van der Waals surface area (Å²) in [6.07, 6.45) is -0.176. The number of aliphatic imine (C=N–C) groups is 1. The van der Waals surface area contributed by atoms with Crippen LogP contribution in [0.2, 0.25) is 0 Å². The maximum atomic E-state index is 11.7. The lowest BCUT2D eigenvalue weighted by Crippen LogP contribution is -2.53. The van der Waals surface area contributed by atoms with Crippen molar-refractivity contribution in [2.75, 3.05) is 6.61 Å². The summed E-state index contributed by atoms with van der Waals surface area (Å²) in [7, 11) is 0. The van der Waals surface area contributed by atoms with Gasteiger partial charge >= 0.3 is 6.09 Å². The number of ether oxygens (including phenoxy) is 1. The molecule has 0 unspecified atom stereocenters.